The van der Waals surface area contributed by atoms with Crippen molar-refractivity contribution in [3.05, 3.63) is 0 Å². The molecule has 0 rings (SSSR count). The smallest absolute Gasteiger partial charge is 1.00 e. The molecule has 0 aliphatic heterocycles. The zero-order valence-electron chi connectivity index (χ0n) is 10.2. The molecule has 0 bridgehead atoms. The topological polar surface area (TPSA) is 190 Å². The predicted molar refractivity (Wildman–Crippen MR) is 48.9 cm³/mol. The molecular weight excluding hydrogens is 267 g/mol. The van der Waals surface area contributed by atoms with Crippen molar-refractivity contribution in [2.45, 2.75) is 18.4 Å². The van der Waals surface area contributed by atoms with E-state index in [1.165, 1.54) is 0 Å². The molecule has 0 heterocycles. The van der Waals surface area contributed by atoms with Crippen LogP contribution in [0.1, 0.15) is 14.3 Å². The van der Waals surface area contributed by atoms with Gasteiger partial charge >= 0.3 is 53.6 Å². The minimum Gasteiger partial charge on any atom is -1.00 e. The Bertz CT molecular complexity index is 310. The van der Waals surface area contributed by atoms with Crippen molar-refractivity contribution in [3.8, 4) is 0 Å². The molecule has 0 aromatic heterocycles. The zero-order valence-corrected chi connectivity index (χ0v) is 11.2. The Hall–Kier alpha value is -1.36. The molecular formula is C7H11NaO10. The van der Waals surface area contributed by atoms with Gasteiger partial charge in [0.15, 0.2) is 5.60 Å². The summed E-state index contributed by atoms with van der Waals surface area (Å²) in [5.41, 5.74) is -2.74. The van der Waals surface area contributed by atoms with Crippen LogP contribution in [-0.4, -0.2) is 60.3 Å². The van der Waals surface area contributed by atoms with E-state index < -0.39 is 42.5 Å². The van der Waals surface area contributed by atoms with Crippen molar-refractivity contribution in [2.75, 3.05) is 0 Å². The maximum Gasteiger partial charge on any atom is 1.00 e. The maximum atomic E-state index is 10.3. The summed E-state index contributed by atoms with van der Waals surface area (Å²) in [6.07, 6.45) is -4.12. The maximum absolute atomic E-state index is 10.3. The number of hydrogen-bond donors (Lipinski definition) is 6. The Morgan fingerprint density at radius 3 is 1.17 bits per heavy atom. The molecule has 0 saturated heterocycles. The average Bonchev–Trinajstić information content (AvgIpc) is 1.98. The molecule has 0 unspecified atom stereocenters. The molecule has 0 aromatic carbocycles. The average molecular weight is 278 g/mol. The van der Waals surface area contributed by atoms with Crippen molar-refractivity contribution >= 4 is 24.1 Å². The fourth-order valence-corrected chi connectivity index (χ4v) is 0.714. The molecule has 100 valence electrons. The van der Waals surface area contributed by atoms with Crippen LogP contribution < -0.4 is 29.6 Å². The van der Waals surface area contributed by atoms with Crippen molar-refractivity contribution in [2.24, 2.45) is 0 Å². The number of aliphatic carboxylic acids is 3. The van der Waals surface area contributed by atoms with Crippen molar-refractivity contribution in [1.82, 2.24) is 0 Å². The van der Waals surface area contributed by atoms with Gasteiger partial charge in [-0.1, -0.05) is 0 Å². The van der Waals surface area contributed by atoms with Gasteiger partial charge in [-0.05, 0) is 0 Å². The molecule has 0 atom stereocenters. The van der Waals surface area contributed by atoms with Gasteiger partial charge < -0.3 is 32.1 Å². The van der Waals surface area contributed by atoms with Gasteiger partial charge in [0.25, 0.3) is 0 Å². The van der Waals surface area contributed by atoms with Gasteiger partial charge in [-0.3, -0.25) is 9.59 Å². The van der Waals surface area contributed by atoms with Gasteiger partial charge in [0.05, 0.1) is 12.8 Å². The molecule has 0 spiro atoms. The Balaban J connectivity index is -0.000000165. The fraction of sp³-hybridized carbons (Fsp3) is 0.429. The van der Waals surface area contributed by atoms with E-state index in [9.17, 15) is 14.4 Å². The number of rotatable bonds is 5. The summed E-state index contributed by atoms with van der Waals surface area (Å²) in [5.74, 6) is -5.02. The monoisotopic (exact) mass is 278 g/mol. The van der Waals surface area contributed by atoms with Crippen LogP contribution in [0.5, 0.6) is 0 Å². The minimum atomic E-state index is -2.74. The molecule has 11 heteroatoms. The first-order chi connectivity index (χ1) is 7.51. The third kappa shape index (κ3) is 12.7. The third-order valence-electron chi connectivity index (χ3n) is 1.29. The summed E-state index contributed by atoms with van der Waals surface area (Å²) >= 11 is 0. The molecule has 0 aliphatic rings. The van der Waals surface area contributed by atoms with Gasteiger partial charge in [0.2, 0.25) is 0 Å². The largest absolute Gasteiger partial charge is 1.00 e. The number of aliphatic hydroxyl groups is 1. The summed E-state index contributed by atoms with van der Waals surface area (Å²) in [4.78, 5) is 39.0. The second-order valence-corrected chi connectivity index (χ2v) is 2.76. The van der Waals surface area contributed by atoms with Crippen LogP contribution in [0.3, 0.4) is 0 Å². The van der Waals surface area contributed by atoms with Crippen LogP contribution in [0.4, 0.5) is 4.79 Å². The van der Waals surface area contributed by atoms with E-state index >= 15 is 0 Å². The Kier molecular flexibility index (Phi) is 11.7. The molecule has 6 N–H and O–H groups in total. The van der Waals surface area contributed by atoms with E-state index in [1.807, 2.05) is 0 Å². The fourth-order valence-electron chi connectivity index (χ4n) is 0.714. The second kappa shape index (κ2) is 9.65. The van der Waals surface area contributed by atoms with Gasteiger partial charge in [-0.15, -0.1) is 0 Å². The Morgan fingerprint density at radius 2 is 1.06 bits per heavy atom. The van der Waals surface area contributed by atoms with Crippen LogP contribution in [0.2, 0.25) is 0 Å². The molecule has 18 heavy (non-hydrogen) atoms. The third-order valence-corrected chi connectivity index (χ3v) is 1.29. The minimum absolute atomic E-state index is 0. The summed E-state index contributed by atoms with van der Waals surface area (Å²) in [5, 5.41) is 47.8. The molecule has 10 nitrogen and oxygen atoms in total. The molecule has 0 saturated carbocycles. The van der Waals surface area contributed by atoms with E-state index in [2.05, 4.69) is 0 Å². The Labute approximate surface area is 123 Å². The van der Waals surface area contributed by atoms with E-state index in [-0.39, 0.29) is 31.0 Å². The van der Waals surface area contributed by atoms with Crippen molar-refractivity contribution in [1.29, 1.82) is 0 Å². The number of carboxylic acids is 3. The number of hydrogen-bond acceptors (Lipinski definition) is 5. The molecule has 0 aromatic rings. The van der Waals surface area contributed by atoms with Crippen molar-refractivity contribution < 1.29 is 80.8 Å². The second-order valence-electron chi connectivity index (χ2n) is 2.76. The molecule has 0 aliphatic carbocycles. The van der Waals surface area contributed by atoms with E-state index in [1.54, 1.807) is 0 Å². The summed E-state index contributed by atoms with van der Waals surface area (Å²) < 4.78 is 0. The zero-order chi connectivity index (χ0) is 14.2. The van der Waals surface area contributed by atoms with Crippen LogP contribution in [0.25, 0.3) is 0 Å². The quantitative estimate of drug-likeness (QED) is 0.271. The Morgan fingerprint density at radius 1 is 0.833 bits per heavy atom. The normalized spacial score (nSPS) is 9.17. The molecule has 0 radical (unpaired) electrons. The first kappa shape index (κ1) is 21.9. The van der Waals surface area contributed by atoms with Gasteiger partial charge in [0, 0.05) is 0 Å². The first-order valence-corrected chi connectivity index (χ1v) is 3.82. The first-order valence-electron chi connectivity index (χ1n) is 3.82. The van der Waals surface area contributed by atoms with Crippen molar-refractivity contribution in [3.63, 3.8) is 0 Å². The van der Waals surface area contributed by atoms with E-state index in [0.717, 1.165) is 0 Å². The van der Waals surface area contributed by atoms with Gasteiger partial charge in [-0.25, -0.2) is 9.59 Å². The number of carboxylic acid groups (broad SMARTS) is 5. The number of carbonyl (C=O) groups is 4. The summed E-state index contributed by atoms with van der Waals surface area (Å²) in [7, 11) is 0. The van der Waals surface area contributed by atoms with Crippen LogP contribution in [0.15, 0.2) is 0 Å². The molecule has 0 amide bonds. The van der Waals surface area contributed by atoms with Crippen LogP contribution in [0, 0.1) is 0 Å². The van der Waals surface area contributed by atoms with Crippen LogP contribution >= 0.6 is 0 Å². The van der Waals surface area contributed by atoms with Gasteiger partial charge in [-0.2, -0.15) is 0 Å². The van der Waals surface area contributed by atoms with E-state index in [4.69, 9.17) is 35.4 Å². The van der Waals surface area contributed by atoms with Crippen LogP contribution in [-0.2, 0) is 14.4 Å². The SMILES string of the molecule is O=C(O)CC(O)(CC(=O)O)C(=O)O.O=C(O)O.[H-].[Na+]. The molecule has 0 fully saturated rings. The van der Waals surface area contributed by atoms with E-state index in [0.29, 0.717) is 0 Å². The summed E-state index contributed by atoms with van der Waals surface area (Å²) in [6, 6.07) is 0. The van der Waals surface area contributed by atoms with Gasteiger partial charge in [0.1, 0.15) is 0 Å². The summed E-state index contributed by atoms with van der Waals surface area (Å²) in [6.45, 7) is 0. The standard InChI is InChI=1S/C6H8O7.CH2O3.Na.H/c7-3(8)1-6(13,5(11)12)2-4(9)10;2-1(3)4;;/h13H,1-2H2,(H,7,8)(H,9,10)(H,11,12);(H2,2,3,4);;/q;;+1;-1. The predicted octanol–water partition coefficient (Wildman–Crippen LogP) is -3.91.